The van der Waals surface area contributed by atoms with E-state index in [9.17, 15) is 15.0 Å². The number of nitrogen functional groups attached to an aromatic ring is 1. The number of nitrogens with zero attached hydrogens (tertiary/aromatic N) is 2. The molecule has 4 atom stereocenters. The van der Waals surface area contributed by atoms with E-state index in [1.807, 2.05) is 0 Å². The highest BCUT2D eigenvalue weighted by molar-refractivity contribution is 9.10. The van der Waals surface area contributed by atoms with E-state index in [0.29, 0.717) is 0 Å². The normalized spacial score (nSPS) is 31.8. The summed E-state index contributed by atoms with van der Waals surface area (Å²) in [4.78, 5) is 14.8. The van der Waals surface area contributed by atoms with E-state index in [0.717, 1.165) is 0 Å². The molecule has 0 aromatic carbocycles. The van der Waals surface area contributed by atoms with Crippen molar-refractivity contribution in [1.82, 2.24) is 9.55 Å². The number of ether oxygens (including phenoxy) is 1. The molecule has 8 nitrogen and oxygen atoms in total. The summed E-state index contributed by atoms with van der Waals surface area (Å²) in [6.07, 6.45) is -3.13. The zero-order valence-electron chi connectivity index (χ0n) is 9.10. The van der Waals surface area contributed by atoms with Crippen molar-refractivity contribution >= 4 is 21.9 Å². The molecule has 18 heavy (non-hydrogen) atoms. The van der Waals surface area contributed by atoms with Gasteiger partial charge in [0.05, 0.1) is 6.61 Å². The van der Waals surface area contributed by atoms with E-state index >= 15 is 0 Å². The number of nitrogens with two attached hydrogens (primary N) is 1. The van der Waals surface area contributed by atoms with Crippen molar-refractivity contribution in [3.8, 4) is 0 Å². The van der Waals surface area contributed by atoms with E-state index in [2.05, 4.69) is 20.9 Å². The molecule has 0 radical (unpaired) electrons. The summed E-state index contributed by atoms with van der Waals surface area (Å²) in [5, 5.41) is 28.4. The summed E-state index contributed by atoms with van der Waals surface area (Å²) in [7, 11) is 0. The number of aliphatic hydroxyl groups excluding tert-OH is 3. The molecule has 1 aromatic heterocycles. The zero-order chi connectivity index (χ0) is 13.4. The van der Waals surface area contributed by atoms with E-state index in [1.54, 1.807) is 0 Å². The van der Waals surface area contributed by atoms with Crippen molar-refractivity contribution in [2.24, 2.45) is 0 Å². The molecule has 0 spiro atoms. The molecule has 1 aliphatic rings. The van der Waals surface area contributed by atoms with Crippen LogP contribution in [-0.2, 0) is 4.74 Å². The fraction of sp³-hybridized carbons (Fsp3) is 0.556. The Labute approximate surface area is 110 Å². The molecular weight excluding hydrogens is 310 g/mol. The number of hydrogen-bond acceptors (Lipinski definition) is 7. The molecule has 2 rings (SSSR count). The Hall–Kier alpha value is -1.00. The highest BCUT2D eigenvalue weighted by Gasteiger charge is 2.43. The van der Waals surface area contributed by atoms with Gasteiger partial charge in [-0.15, -0.1) is 0 Å². The van der Waals surface area contributed by atoms with Crippen molar-refractivity contribution in [3.63, 3.8) is 0 Å². The molecule has 5 N–H and O–H groups in total. The summed E-state index contributed by atoms with van der Waals surface area (Å²) in [6, 6.07) is 0. The second kappa shape index (κ2) is 4.94. The van der Waals surface area contributed by atoms with Gasteiger partial charge in [0.1, 0.15) is 22.8 Å². The van der Waals surface area contributed by atoms with Crippen LogP contribution in [0.15, 0.2) is 15.5 Å². The van der Waals surface area contributed by atoms with Gasteiger partial charge in [0.25, 0.3) is 5.56 Å². The van der Waals surface area contributed by atoms with Crippen LogP contribution in [0.2, 0.25) is 0 Å². The Balaban J connectivity index is 2.38. The molecule has 0 bridgehead atoms. The Morgan fingerprint density at radius 2 is 2.17 bits per heavy atom. The quantitative estimate of drug-likeness (QED) is 0.505. The highest BCUT2D eigenvalue weighted by Crippen LogP contribution is 2.30. The molecule has 0 aliphatic carbocycles. The first-order valence-electron chi connectivity index (χ1n) is 5.12. The van der Waals surface area contributed by atoms with Crippen LogP contribution in [0.4, 0.5) is 5.95 Å². The molecular formula is C9H12BrN3O5. The van der Waals surface area contributed by atoms with Gasteiger partial charge in [-0.3, -0.25) is 9.36 Å². The maximum atomic E-state index is 11.2. The predicted molar refractivity (Wildman–Crippen MR) is 63.6 cm³/mol. The first-order valence-corrected chi connectivity index (χ1v) is 5.91. The topological polar surface area (TPSA) is 131 Å². The van der Waals surface area contributed by atoms with Gasteiger partial charge >= 0.3 is 0 Å². The summed E-state index contributed by atoms with van der Waals surface area (Å²) < 4.78 is 6.63. The Morgan fingerprint density at radius 1 is 1.50 bits per heavy atom. The first-order chi connectivity index (χ1) is 8.45. The number of rotatable bonds is 2. The third-order valence-corrected chi connectivity index (χ3v) is 3.27. The minimum absolute atomic E-state index is 0.148. The molecule has 1 aromatic rings. The van der Waals surface area contributed by atoms with Crippen LogP contribution in [0.3, 0.4) is 0 Å². The molecule has 0 saturated carbocycles. The van der Waals surface area contributed by atoms with Crippen LogP contribution >= 0.6 is 15.9 Å². The minimum Gasteiger partial charge on any atom is -0.394 e. The van der Waals surface area contributed by atoms with Crippen molar-refractivity contribution in [1.29, 1.82) is 0 Å². The van der Waals surface area contributed by atoms with Crippen molar-refractivity contribution in [3.05, 3.63) is 21.0 Å². The Morgan fingerprint density at radius 3 is 2.72 bits per heavy atom. The smallest absolute Gasteiger partial charge is 0.288 e. The average molecular weight is 322 g/mol. The molecule has 1 saturated heterocycles. The summed E-state index contributed by atoms with van der Waals surface area (Å²) in [6.45, 7) is -0.441. The number of hydrogen-bond donors (Lipinski definition) is 4. The summed E-state index contributed by atoms with van der Waals surface area (Å²) >= 11 is 2.99. The van der Waals surface area contributed by atoms with Crippen LogP contribution in [0, 0.1) is 0 Å². The standard InChI is InChI=1S/C9H12BrN3O5/c10-3-1-13(9(11)12-7(3)17)8-6(16)5(15)4(2-14)18-8/h1,4-6,8,14-16H,2H2,(H2,11,12,17)/t4-,5-,6-,8-/m1/s1. The largest absolute Gasteiger partial charge is 0.394 e. The molecule has 2 heterocycles. The predicted octanol–water partition coefficient (Wildman–Crippen LogP) is -1.80. The van der Waals surface area contributed by atoms with Gasteiger partial charge in [-0.05, 0) is 15.9 Å². The molecule has 100 valence electrons. The van der Waals surface area contributed by atoms with Gasteiger partial charge in [-0.25, -0.2) is 0 Å². The lowest BCUT2D eigenvalue weighted by Crippen LogP contribution is -2.33. The summed E-state index contributed by atoms with van der Waals surface area (Å²) in [5.41, 5.74) is 5.01. The number of anilines is 1. The van der Waals surface area contributed by atoms with Gasteiger partial charge in [0.2, 0.25) is 5.95 Å². The van der Waals surface area contributed by atoms with Crippen molar-refractivity contribution in [2.45, 2.75) is 24.5 Å². The SMILES string of the molecule is Nc1nc(=O)c(Br)cn1[C@@H]1O[C@H](CO)[C@@H](O)[C@H]1O. The zero-order valence-corrected chi connectivity index (χ0v) is 10.7. The highest BCUT2D eigenvalue weighted by atomic mass is 79.9. The van der Waals surface area contributed by atoms with Gasteiger partial charge in [0, 0.05) is 6.20 Å². The van der Waals surface area contributed by atoms with Gasteiger partial charge in [-0.2, -0.15) is 4.98 Å². The number of aromatic nitrogens is 2. The van der Waals surface area contributed by atoms with E-state index < -0.39 is 36.7 Å². The second-order valence-electron chi connectivity index (χ2n) is 3.89. The van der Waals surface area contributed by atoms with Crippen LogP contribution in [0.25, 0.3) is 0 Å². The fourth-order valence-electron chi connectivity index (χ4n) is 1.77. The first kappa shape index (κ1) is 13.4. The molecule has 9 heteroatoms. The van der Waals surface area contributed by atoms with Crippen LogP contribution in [0.1, 0.15) is 6.23 Å². The van der Waals surface area contributed by atoms with E-state index in [1.165, 1.54) is 10.8 Å². The van der Waals surface area contributed by atoms with Gasteiger partial charge in [-0.1, -0.05) is 0 Å². The van der Waals surface area contributed by atoms with E-state index in [4.69, 9.17) is 15.6 Å². The lowest BCUT2D eigenvalue weighted by Gasteiger charge is -2.19. The van der Waals surface area contributed by atoms with E-state index in [-0.39, 0.29) is 10.4 Å². The lowest BCUT2D eigenvalue weighted by atomic mass is 10.1. The third kappa shape index (κ3) is 2.15. The minimum atomic E-state index is -1.28. The maximum absolute atomic E-state index is 11.2. The fourth-order valence-corrected chi connectivity index (χ4v) is 2.08. The Bertz CT molecular complexity index is 507. The van der Waals surface area contributed by atoms with Crippen LogP contribution in [0.5, 0.6) is 0 Å². The van der Waals surface area contributed by atoms with Crippen molar-refractivity contribution < 1.29 is 20.1 Å². The molecule has 0 amide bonds. The van der Waals surface area contributed by atoms with Crippen LogP contribution < -0.4 is 11.3 Å². The summed E-state index contributed by atoms with van der Waals surface area (Å²) in [5.74, 6) is -0.155. The number of halogens is 1. The molecule has 1 fully saturated rings. The monoisotopic (exact) mass is 321 g/mol. The van der Waals surface area contributed by atoms with Gasteiger partial charge in [0.15, 0.2) is 6.23 Å². The molecule has 0 unspecified atom stereocenters. The van der Waals surface area contributed by atoms with Gasteiger partial charge < -0.3 is 25.8 Å². The average Bonchev–Trinajstić information content (AvgIpc) is 2.61. The molecule has 1 aliphatic heterocycles. The Kier molecular flexibility index (Phi) is 3.69. The second-order valence-corrected chi connectivity index (χ2v) is 4.74. The lowest BCUT2D eigenvalue weighted by molar-refractivity contribution is -0.0523. The maximum Gasteiger partial charge on any atom is 0.288 e. The number of aliphatic hydroxyl groups is 3. The third-order valence-electron chi connectivity index (χ3n) is 2.73. The van der Waals surface area contributed by atoms with Crippen LogP contribution in [-0.4, -0.2) is 49.8 Å². The van der Waals surface area contributed by atoms with Crippen molar-refractivity contribution in [2.75, 3.05) is 12.3 Å².